The molecule has 0 aliphatic rings. The van der Waals surface area contributed by atoms with Crippen LogP contribution in [0, 0.1) is 17.0 Å². The summed E-state index contributed by atoms with van der Waals surface area (Å²) in [5, 5.41) is 14.1. The highest BCUT2D eigenvalue weighted by atomic mass is 35.5. The van der Waals surface area contributed by atoms with Crippen LogP contribution in [-0.2, 0) is 16.4 Å². The number of sulfonamides is 1. The largest absolute Gasteiger partial charge is 0.340 e. The van der Waals surface area contributed by atoms with Crippen molar-refractivity contribution >= 4 is 44.5 Å². The van der Waals surface area contributed by atoms with Crippen LogP contribution in [0.15, 0.2) is 53.7 Å². The van der Waals surface area contributed by atoms with Crippen LogP contribution in [0.1, 0.15) is 18.2 Å². The Kier molecular flexibility index (Phi) is 6.18. The van der Waals surface area contributed by atoms with E-state index in [2.05, 4.69) is 20.0 Å². The number of benzene rings is 2. The van der Waals surface area contributed by atoms with Crippen molar-refractivity contribution in [2.75, 3.05) is 10.0 Å². The second-order valence-electron chi connectivity index (χ2n) is 6.37. The van der Waals surface area contributed by atoms with E-state index in [0.717, 1.165) is 17.3 Å². The Balaban J connectivity index is 1.94. The predicted octanol–water partition coefficient (Wildman–Crippen LogP) is 4.45. The van der Waals surface area contributed by atoms with Crippen LogP contribution in [0.25, 0.3) is 0 Å². The molecule has 0 amide bonds. The normalized spacial score (nSPS) is 11.2. The lowest BCUT2D eigenvalue weighted by molar-refractivity contribution is -0.384. The first-order valence-electron chi connectivity index (χ1n) is 8.85. The summed E-state index contributed by atoms with van der Waals surface area (Å²) < 4.78 is 28.2. The summed E-state index contributed by atoms with van der Waals surface area (Å²) >= 11 is 5.78. The maximum atomic E-state index is 12.9. The number of hydrogen-bond donors (Lipinski definition) is 2. The Morgan fingerprint density at radius 3 is 2.57 bits per heavy atom. The number of hydrogen-bond acceptors (Lipinski definition) is 7. The second-order valence-corrected chi connectivity index (χ2v) is 8.46. The molecular formula is C19H18ClN5O4S. The maximum absolute atomic E-state index is 12.9. The van der Waals surface area contributed by atoms with Crippen LogP contribution in [0.3, 0.4) is 0 Å². The van der Waals surface area contributed by atoms with Crippen molar-refractivity contribution in [1.29, 1.82) is 0 Å². The van der Waals surface area contributed by atoms with Crippen LogP contribution < -0.4 is 10.0 Å². The zero-order valence-corrected chi connectivity index (χ0v) is 17.7. The molecule has 9 nitrogen and oxygen atoms in total. The summed E-state index contributed by atoms with van der Waals surface area (Å²) in [4.78, 5) is 18.3. The van der Waals surface area contributed by atoms with Gasteiger partial charge in [0.1, 0.15) is 17.2 Å². The van der Waals surface area contributed by atoms with Crippen LogP contribution in [0.5, 0.6) is 0 Å². The average Bonchev–Trinajstić information content (AvgIpc) is 2.68. The maximum Gasteiger partial charge on any atom is 0.289 e. The highest BCUT2D eigenvalue weighted by molar-refractivity contribution is 7.92. The van der Waals surface area contributed by atoms with Gasteiger partial charge in [-0.05, 0) is 43.2 Å². The van der Waals surface area contributed by atoms with Gasteiger partial charge < -0.3 is 5.32 Å². The number of nitro groups is 1. The van der Waals surface area contributed by atoms with E-state index in [1.807, 2.05) is 13.8 Å². The summed E-state index contributed by atoms with van der Waals surface area (Å²) in [7, 11) is -4.08. The zero-order chi connectivity index (χ0) is 21.9. The van der Waals surface area contributed by atoms with E-state index in [1.54, 1.807) is 24.3 Å². The lowest BCUT2D eigenvalue weighted by Crippen LogP contribution is -2.14. The molecule has 0 aliphatic heterocycles. The van der Waals surface area contributed by atoms with E-state index in [-0.39, 0.29) is 9.92 Å². The first-order valence-corrected chi connectivity index (χ1v) is 10.7. The van der Waals surface area contributed by atoms with Crippen molar-refractivity contribution in [2.45, 2.75) is 25.2 Å². The Hall–Kier alpha value is -3.24. The first kappa shape index (κ1) is 21.5. The molecule has 3 aromatic rings. The van der Waals surface area contributed by atoms with E-state index >= 15 is 0 Å². The first-order chi connectivity index (χ1) is 14.2. The molecule has 0 fully saturated rings. The molecule has 0 unspecified atom stereocenters. The van der Waals surface area contributed by atoms with Gasteiger partial charge in [-0.3, -0.25) is 14.8 Å². The van der Waals surface area contributed by atoms with Crippen molar-refractivity contribution in [1.82, 2.24) is 9.97 Å². The third-order valence-electron chi connectivity index (χ3n) is 4.24. The molecule has 0 atom stereocenters. The fourth-order valence-corrected chi connectivity index (χ4v) is 4.03. The van der Waals surface area contributed by atoms with Gasteiger partial charge in [-0.1, -0.05) is 24.6 Å². The molecule has 1 aromatic heterocycles. The molecule has 0 saturated carbocycles. The third-order valence-corrected chi connectivity index (χ3v) is 5.92. The monoisotopic (exact) mass is 447 g/mol. The summed E-state index contributed by atoms with van der Waals surface area (Å²) in [6.07, 6.45) is 2.00. The summed E-state index contributed by atoms with van der Waals surface area (Å²) in [6, 6.07) is 10.3. The molecule has 2 N–H and O–H groups in total. The fraction of sp³-hybridized carbons (Fsp3) is 0.158. The van der Waals surface area contributed by atoms with Crippen LogP contribution in [0.2, 0.25) is 5.02 Å². The van der Waals surface area contributed by atoms with Crippen LogP contribution in [0.4, 0.5) is 22.9 Å². The predicted molar refractivity (Wildman–Crippen MR) is 115 cm³/mol. The molecule has 0 saturated heterocycles. The standard InChI is InChI=1S/C19H18ClN5O4S/c1-3-13-4-5-14(23-19-8-12(2)21-11-22-19)9-17(13)24-30(28,29)15-6-7-16(20)18(10-15)25(26)27/h4-11,24H,3H2,1-2H3,(H,21,22,23). The average molecular weight is 448 g/mol. The molecule has 3 rings (SSSR count). The van der Waals surface area contributed by atoms with Crippen molar-refractivity contribution in [3.63, 3.8) is 0 Å². The number of nitro benzene ring substituents is 1. The van der Waals surface area contributed by atoms with Gasteiger partial charge in [0.2, 0.25) is 0 Å². The van der Waals surface area contributed by atoms with Gasteiger partial charge in [0.25, 0.3) is 15.7 Å². The fourth-order valence-electron chi connectivity index (χ4n) is 2.73. The molecule has 2 aromatic carbocycles. The Morgan fingerprint density at radius 2 is 1.90 bits per heavy atom. The van der Waals surface area contributed by atoms with Gasteiger partial charge >= 0.3 is 0 Å². The number of halogens is 1. The van der Waals surface area contributed by atoms with Crippen molar-refractivity contribution in [3.05, 3.63) is 75.2 Å². The zero-order valence-electron chi connectivity index (χ0n) is 16.1. The van der Waals surface area contributed by atoms with Gasteiger partial charge in [0, 0.05) is 23.5 Å². The third kappa shape index (κ3) is 4.84. The minimum Gasteiger partial charge on any atom is -0.340 e. The summed E-state index contributed by atoms with van der Waals surface area (Å²) in [5.41, 5.74) is 2.02. The van der Waals surface area contributed by atoms with E-state index in [0.29, 0.717) is 23.6 Å². The van der Waals surface area contributed by atoms with E-state index < -0.39 is 20.6 Å². The molecule has 30 heavy (non-hydrogen) atoms. The lowest BCUT2D eigenvalue weighted by Gasteiger charge is -2.14. The Labute approximate surface area is 178 Å². The molecule has 0 aliphatic carbocycles. The molecule has 0 spiro atoms. The van der Waals surface area contributed by atoms with Crippen molar-refractivity contribution in [3.8, 4) is 0 Å². The van der Waals surface area contributed by atoms with E-state index in [9.17, 15) is 18.5 Å². The number of nitrogens with zero attached hydrogens (tertiary/aromatic N) is 3. The van der Waals surface area contributed by atoms with Crippen molar-refractivity contribution < 1.29 is 13.3 Å². The molecule has 1 heterocycles. The van der Waals surface area contributed by atoms with Crippen LogP contribution in [-0.4, -0.2) is 23.3 Å². The minimum absolute atomic E-state index is 0.139. The van der Waals surface area contributed by atoms with Gasteiger partial charge in [0.05, 0.1) is 15.5 Å². The lowest BCUT2D eigenvalue weighted by atomic mass is 10.1. The topological polar surface area (TPSA) is 127 Å². The summed E-state index contributed by atoms with van der Waals surface area (Å²) in [5.74, 6) is 0.564. The number of aromatic nitrogens is 2. The molecule has 156 valence electrons. The summed E-state index contributed by atoms with van der Waals surface area (Å²) in [6.45, 7) is 3.72. The van der Waals surface area contributed by atoms with Crippen LogP contribution >= 0.6 is 11.6 Å². The highest BCUT2D eigenvalue weighted by Crippen LogP contribution is 2.30. The molecule has 0 bridgehead atoms. The van der Waals surface area contributed by atoms with Gasteiger partial charge in [-0.2, -0.15) is 0 Å². The SMILES string of the molecule is CCc1ccc(Nc2cc(C)ncn2)cc1NS(=O)(=O)c1ccc(Cl)c([N+](=O)[O-])c1. The van der Waals surface area contributed by atoms with E-state index in [4.69, 9.17) is 11.6 Å². The smallest absolute Gasteiger partial charge is 0.289 e. The minimum atomic E-state index is -4.08. The molecular weight excluding hydrogens is 430 g/mol. The van der Waals surface area contributed by atoms with Gasteiger partial charge in [-0.25, -0.2) is 18.4 Å². The second kappa shape index (κ2) is 8.64. The number of aryl methyl sites for hydroxylation is 2. The molecule has 11 heteroatoms. The van der Waals surface area contributed by atoms with Gasteiger partial charge in [-0.15, -0.1) is 0 Å². The Bertz CT molecular complexity index is 1220. The highest BCUT2D eigenvalue weighted by Gasteiger charge is 2.21. The van der Waals surface area contributed by atoms with E-state index in [1.165, 1.54) is 18.5 Å². The quantitative estimate of drug-likeness (QED) is 0.404. The number of nitrogens with one attached hydrogen (secondary N) is 2. The van der Waals surface area contributed by atoms with Gasteiger partial charge in [0.15, 0.2) is 0 Å². The molecule has 0 radical (unpaired) electrons. The van der Waals surface area contributed by atoms with Crippen molar-refractivity contribution in [2.24, 2.45) is 0 Å². The number of rotatable bonds is 7. The number of anilines is 3. The Morgan fingerprint density at radius 1 is 1.13 bits per heavy atom.